The largest absolute Gasteiger partial charge is 0.495 e. The number of rotatable bonds is 4. The lowest BCUT2D eigenvalue weighted by Gasteiger charge is -2.22. The van der Waals surface area contributed by atoms with Crippen molar-refractivity contribution >= 4 is 11.4 Å². The number of nitrogens with one attached hydrogen (secondary N) is 1. The van der Waals surface area contributed by atoms with E-state index in [1.54, 1.807) is 6.07 Å². The maximum absolute atomic E-state index is 13.8. The van der Waals surface area contributed by atoms with E-state index in [1.165, 1.54) is 38.9 Å². The van der Waals surface area contributed by atoms with Crippen molar-refractivity contribution in [3.63, 3.8) is 0 Å². The fourth-order valence-corrected chi connectivity index (χ4v) is 2.68. The van der Waals surface area contributed by atoms with Crippen molar-refractivity contribution in [3.05, 3.63) is 17.9 Å². The van der Waals surface area contributed by atoms with Crippen molar-refractivity contribution in [1.29, 1.82) is 0 Å². The molecule has 0 bridgehead atoms. The Labute approximate surface area is 108 Å². The number of ether oxygens (including phenoxy) is 1. The predicted molar refractivity (Wildman–Crippen MR) is 72.4 cm³/mol. The van der Waals surface area contributed by atoms with Crippen LogP contribution in [0.5, 0.6) is 5.75 Å². The fraction of sp³-hybridized carbons (Fsp3) is 0.571. The van der Waals surface area contributed by atoms with Gasteiger partial charge in [0.1, 0.15) is 11.6 Å². The summed E-state index contributed by atoms with van der Waals surface area (Å²) >= 11 is 0. The number of halogens is 1. The molecule has 1 aromatic rings. The van der Waals surface area contributed by atoms with Crippen molar-refractivity contribution in [2.24, 2.45) is 5.92 Å². The van der Waals surface area contributed by atoms with Gasteiger partial charge < -0.3 is 15.8 Å². The molecule has 0 amide bonds. The highest BCUT2D eigenvalue weighted by atomic mass is 19.1. The third kappa shape index (κ3) is 2.68. The molecule has 1 aliphatic rings. The molecule has 0 saturated heterocycles. The van der Waals surface area contributed by atoms with Gasteiger partial charge >= 0.3 is 0 Å². The van der Waals surface area contributed by atoms with Gasteiger partial charge in [-0.25, -0.2) is 4.39 Å². The minimum Gasteiger partial charge on any atom is -0.495 e. The number of methoxy groups -OCH3 is 1. The second-order valence-electron chi connectivity index (χ2n) is 5.05. The SMILES string of the molecule is COc1cc(NC(C)C2CCCC2)c(F)cc1N. The number of anilines is 2. The van der Waals surface area contributed by atoms with Crippen LogP contribution >= 0.6 is 0 Å². The summed E-state index contributed by atoms with van der Waals surface area (Å²) in [6.07, 6.45) is 5.01. The summed E-state index contributed by atoms with van der Waals surface area (Å²) in [5, 5.41) is 3.24. The first-order valence-corrected chi connectivity index (χ1v) is 6.51. The van der Waals surface area contributed by atoms with Crippen molar-refractivity contribution < 1.29 is 9.13 Å². The quantitative estimate of drug-likeness (QED) is 0.807. The van der Waals surface area contributed by atoms with Gasteiger partial charge in [0.2, 0.25) is 0 Å². The standard InChI is InChI=1S/C14H21FN2O/c1-9(10-5-3-4-6-10)17-13-8-14(18-2)12(16)7-11(13)15/h7-10,17H,3-6,16H2,1-2H3. The lowest BCUT2D eigenvalue weighted by atomic mass is 9.99. The Morgan fingerprint density at radius 2 is 2.06 bits per heavy atom. The molecule has 3 N–H and O–H groups in total. The van der Waals surface area contributed by atoms with Gasteiger partial charge in [-0.1, -0.05) is 12.8 Å². The summed E-state index contributed by atoms with van der Waals surface area (Å²) in [4.78, 5) is 0. The zero-order valence-electron chi connectivity index (χ0n) is 11.0. The van der Waals surface area contributed by atoms with Crippen molar-refractivity contribution in [2.45, 2.75) is 38.6 Å². The van der Waals surface area contributed by atoms with Crippen LogP contribution in [0.3, 0.4) is 0 Å². The van der Waals surface area contributed by atoms with E-state index in [0.29, 0.717) is 23.0 Å². The van der Waals surface area contributed by atoms with Gasteiger partial charge in [0.25, 0.3) is 0 Å². The molecule has 0 aliphatic heterocycles. The van der Waals surface area contributed by atoms with Crippen LogP contribution in [-0.4, -0.2) is 13.2 Å². The Morgan fingerprint density at radius 1 is 1.39 bits per heavy atom. The van der Waals surface area contributed by atoms with Gasteiger partial charge in [-0.3, -0.25) is 0 Å². The number of benzene rings is 1. The molecule has 2 rings (SSSR count). The van der Waals surface area contributed by atoms with E-state index in [4.69, 9.17) is 10.5 Å². The first-order valence-electron chi connectivity index (χ1n) is 6.51. The molecular weight excluding hydrogens is 231 g/mol. The Kier molecular flexibility index (Phi) is 3.94. The number of nitrogens with two attached hydrogens (primary N) is 1. The molecule has 1 fully saturated rings. The predicted octanol–water partition coefficient (Wildman–Crippen LogP) is 3.41. The molecule has 1 saturated carbocycles. The van der Waals surface area contributed by atoms with Gasteiger partial charge in [-0.05, 0) is 25.7 Å². The van der Waals surface area contributed by atoms with Crippen LogP contribution in [0.25, 0.3) is 0 Å². The first-order chi connectivity index (χ1) is 8.61. The molecule has 18 heavy (non-hydrogen) atoms. The van der Waals surface area contributed by atoms with Crippen LogP contribution in [0.15, 0.2) is 12.1 Å². The highest BCUT2D eigenvalue weighted by Gasteiger charge is 2.22. The molecule has 3 nitrogen and oxygen atoms in total. The monoisotopic (exact) mass is 252 g/mol. The van der Waals surface area contributed by atoms with E-state index < -0.39 is 0 Å². The van der Waals surface area contributed by atoms with Gasteiger partial charge in [0.05, 0.1) is 18.5 Å². The Balaban J connectivity index is 2.12. The molecule has 0 aromatic heterocycles. The summed E-state index contributed by atoms with van der Waals surface area (Å²) in [5.74, 6) is 0.823. The van der Waals surface area contributed by atoms with Crippen molar-refractivity contribution in [2.75, 3.05) is 18.2 Å². The summed E-state index contributed by atoms with van der Waals surface area (Å²) in [6.45, 7) is 2.11. The second kappa shape index (κ2) is 5.46. The molecule has 4 heteroatoms. The third-order valence-electron chi connectivity index (χ3n) is 3.81. The summed E-state index contributed by atoms with van der Waals surface area (Å²) < 4.78 is 18.9. The molecule has 0 radical (unpaired) electrons. The summed E-state index contributed by atoms with van der Waals surface area (Å²) in [5.41, 5.74) is 6.46. The highest BCUT2D eigenvalue weighted by Crippen LogP contribution is 2.32. The van der Waals surface area contributed by atoms with E-state index in [9.17, 15) is 4.39 Å². The molecule has 100 valence electrons. The third-order valence-corrected chi connectivity index (χ3v) is 3.81. The average molecular weight is 252 g/mol. The maximum Gasteiger partial charge on any atom is 0.148 e. The second-order valence-corrected chi connectivity index (χ2v) is 5.05. The Bertz CT molecular complexity index is 417. The minimum atomic E-state index is -0.321. The Morgan fingerprint density at radius 3 is 2.67 bits per heavy atom. The normalized spacial score (nSPS) is 17.7. The molecule has 1 aromatic carbocycles. The van der Waals surface area contributed by atoms with E-state index in [0.717, 1.165) is 0 Å². The average Bonchev–Trinajstić information content (AvgIpc) is 2.86. The molecule has 1 unspecified atom stereocenters. The van der Waals surface area contributed by atoms with Gasteiger partial charge in [-0.2, -0.15) is 0 Å². The van der Waals surface area contributed by atoms with Crippen LogP contribution in [-0.2, 0) is 0 Å². The summed E-state index contributed by atoms with van der Waals surface area (Å²) in [6, 6.07) is 3.22. The number of nitrogen functional groups attached to an aromatic ring is 1. The molecule has 0 heterocycles. The first kappa shape index (κ1) is 13.0. The van der Waals surface area contributed by atoms with Gasteiger partial charge in [-0.15, -0.1) is 0 Å². The van der Waals surface area contributed by atoms with Crippen molar-refractivity contribution in [3.8, 4) is 5.75 Å². The zero-order valence-corrected chi connectivity index (χ0v) is 11.0. The topological polar surface area (TPSA) is 47.3 Å². The van der Waals surface area contributed by atoms with Crippen LogP contribution < -0.4 is 15.8 Å². The van der Waals surface area contributed by atoms with Gasteiger partial charge in [0.15, 0.2) is 0 Å². The molecular formula is C14H21FN2O. The minimum absolute atomic E-state index is 0.273. The van der Waals surface area contributed by atoms with E-state index in [2.05, 4.69) is 12.2 Å². The van der Waals surface area contributed by atoms with Crippen molar-refractivity contribution in [1.82, 2.24) is 0 Å². The molecule has 1 atom stereocenters. The van der Waals surface area contributed by atoms with Crippen LogP contribution in [0.4, 0.5) is 15.8 Å². The number of hydrogen-bond acceptors (Lipinski definition) is 3. The van der Waals surface area contributed by atoms with Crippen LogP contribution in [0.1, 0.15) is 32.6 Å². The van der Waals surface area contributed by atoms with E-state index >= 15 is 0 Å². The molecule has 0 spiro atoms. The van der Waals surface area contributed by atoms with E-state index in [-0.39, 0.29) is 11.9 Å². The zero-order chi connectivity index (χ0) is 13.1. The van der Waals surface area contributed by atoms with E-state index in [1.807, 2.05) is 0 Å². The maximum atomic E-state index is 13.8. The van der Waals surface area contributed by atoms with Crippen LogP contribution in [0, 0.1) is 11.7 Å². The fourth-order valence-electron chi connectivity index (χ4n) is 2.68. The lowest BCUT2D eigenvalue weighted by Crippen LogP contribution is -2.24. The Hall–Kier alpha value is -1.45. The van der Waals surface area contributed by atoms with Gasteiger partial charge in [0, 0.05) is 18.2 Å². The smallest absolute Gasteiger partial charge is 0.148 e. The molecule has 1 aliphatic carbocycles. The highest BCUT2D eigenvalue weighted by molar-refractivity contribution is 5.62. The lowest BCUT2D eigenvalue weighted by molar-refractivity contribution is 0.416. The summed E-state index contributed by atoms with van der Waals surface area (Å²) in [7, 11) is 1.54. The number of hydrogen-bond donors (Lipinski definition) is 2. The van der Waals surface area contributed by atoms with Crippen LogP contribution in [0.2, 0.25) is 0 Å².